The number of nitrogens with zero attached hydrogens (tertiary/aromatic N) is 1. The van der Waals surface area contributed by atoms with Gasteiger partial charge in [0.15, 0.2) is 5.75 Å². The molecule has 0 fully saturated rings. The number of carbonyl (C=O) groups is 1. The lowest BCUT2D eigenvalue weighted by Crippen LogP contribution is -2.40. The molecular formula is C18H22N2O3. The number of para-hydroxylation sites is 3. The topological polar surface area (TPSA) is 61.8 Å². The van der Waals surface area contributed by atoms with Gasteiger partial charge in [0, 0.05) is 6.54 Å². The van der Waals surface area contributed by atoms with Crippen LogP contribution in [-0.2, 0) is 4.79 Å². The largest absolute Gasteiger partial charge is 0.455 e. The molecule has 1 unspecified atom stereocenters. The quantitative estimate of drug-likeness (QED) is 0.825. The lowest BCUT2D eigenvalue weighted by Gasteiger charge is -2.23. The van der Waals surface area contributed by atoms with Gasteiger partial charge < -0.3 is 15.2 Å². The number of amides is 1. The molecule has 5 heteroatoms. The molecule has 0 aromatic heterocycles. The molecule has 0 spiro atoms. The third kappa shape index (κ3) is 4.81. The zero-order chi connectivity index (χ0) is 16.7. The monoisotopic (exact) mass is 314 g/mol. The summed E-state index contributed by atoms with van der Waals surface area (Å²) in [4.78, 5) is 14.1. The van der Waals surface area contributed by atoms with Gasteiger partial charge in [-0.2, -0.15) is 0 Å². The van der Waals surface area contributed by atoms with Crippen LogP contribution in [0.1, 0.15) is 6.92 Å². The number of anilines is 1. The van der Waals surface area contributed by atoms with E-state index in [0.717, 1.165) is 0 Å². The van der Waals surface area contributed by atoms with Crippen LogP contribution in [0.4, 0.5) is 5.69 Å². The zero-order valence-electron chi connectivity index (χ0n) is 13.4. The van der Waals surface area contributed by atoms with Gasteiger partial charge in [-0.15, -0.1) is 0 Å². The number of carbonyl (C=O) groups excluding carboxylic acids is 1. The fourth-order valence-corrected chi connectivity index (χ4v) is 2.06. The molecule has 1 atom stereocenters. The Morgan fingerprint density at radius 3 is 2.52 bits per heavy atom. The number of aliphatic hydroxyl groups is 1. The molecule has 122 valence electrons. The van der Waals surface area contributed by atoms with Crippen LogP contribution in [-0.4, -0.2) is 42.2 Å². The highest BCUT2D eigenvalue weighted by Gasteiger charge is 2.18. The average Bonchev–Trinajstić information content (AvgIpc) is 2.57. The van der Waals surface area contributed by atoms with Crippen LogP contribution < -0.4 is 10.1 Å². The van der Waals surface area contributed by atoms with E-state index in [2.05, 4.69) is 5.32 Å². The van der Waals surface area contributed by atoms with Gasteiger partial charge >= 0.3 is 0 Å². The number of nitrogens with one attached hydrogen (secondary N) is 1. The van der Waals surface area contributed by atoms with Gasteiger partial charge in [0.2, 0.25) is 5.91 Å². The van der Waals surface area contributed by atoms with Crippen molar-refractivity contribution in [3.8, 4) is 11.5 Å². The molecule has 0 saturated heterocycles. The number of likely N-dealkylation sites (N-methyl/N-ethyl adjacent to an activating group) is 1. The van der Waals surface area contributed by atoms with E-state index in [9.17, 15) is 4.79 Å². The van der Waals surface area contributed by atoms with E-state index in [0.29, 0.717) is 23.7 Å². The maximum Gasteiger partial charge on any atom is 0.241 e. The van der Waals surface area contributed by atoms with Crippen LogP contribution in [0.25, 0.3) is 0 Å². The molecule has 0 aliphatic carbocycles. The van der Waals surface area contributed by atoms with Crippen LogP contribution >= 0.6 is 0 Å². The molecular weight excluding hydrogens is 292 g/mol. The SMILES string of the molecule is CC(C(=O)Nc1ccccc1Oc1ccccc1)N(C)CCO. The lowest BCUT2D eigenvalue weighted by molar-refractivity contribution is -0.120. The standard InChI is InChI=1S/C18H22N2O3/c1-14(20(2)12-13-21)18(22)19-16-10-6-7-11-17(16)23-15-8-4-3-5-9-15/h3-11,14,21H,12-13H2,1-2H3,(H,19,22). The smallest absolute Gasteiger partial charge is 0.241 e. The number of rotatable bonds is 7. The Morgan fingerprint density at radius 1 is 1.17 bits per heavy atom. The maximum absolute atomic E-state index is 12.3. The van der Waals surface area contributed by atoms with Crippen molar-refractivity contribution in [2.75, 3.05) is 25.5 Å². The fraction of sp³-hybridized carbons (Fsp3) is 0.278. The van der Waals surface area contributed by atoms with Crippen molar-refractivity contribution >= 4 is 11.6 Å². The predicted molar refractivity (Wildman–Crippen MR) is 90.8 cm³/mol. The molecule has 0 aliphatic heterocycles. The van der Waals surface area contributed by atoms with Gasteiger partial charge in [-0.05, 0) is 38.2 Å². The summed E-state index contributed by atoms with van der Waals surface area (Å²) in [6, 6.07) is 16.4. The highest BCUT2D eigenvalue weighted by Crippen LogP contribution is 2.29. The molecule has 23 heavy (non-hydrogen) atoms. The van der Waals surface area contributed by atoms with E-state index in [4.69, 9.17) is 9.84 Å². The van der Waals surface area contributed by atoms with Crippen LogP contribution in [0.2, 0.25) is 0 Å². The van der Waals surface area contributed by atoms with Crippen molar-refractivity contribution in [1.29, 1.82) is 0 Å². The Balaban J connectivity index is 2.10. The average molecular weight is 314 g/mol. The van der Waals surface area contributed by atoms with E-state index in [-0.39, 0.29) is 18.6 Å². The summed E-state index contributed by atoms with van der Waals surface area (Å²) < 4.78 is 5.83. The number of hydrogen-bond donors (Lipinski definition) is 2. The van der Waals surface area contributed by atoms with Crippen molar-refractivity contribution in [2.45, 2.75) is 13.0 Å². The Bertz CT molecular complexity index is 631. The van der Waals surface area contributed by atoms with E-state index < -0.39 is 0 Å². The number of benzene rings is 2. The minimum atomic E-state index is -0.355. The number of ether oxygens (including phenoxy) is 1. The van der Waals surface area contributed by atoms with Crippen molar-refractivity contribution in [3.63, 3.8) is 0 Å². The molecule has 0 bridgehead atoms. The minimum absolute atomic E-state index is 0.0157. The van der Waals surface area contributed by atoms with Gasteiger partial charge in [0.05, 0.1) is 18.3 Å². The van der Waals surface area contributed by atoms with Crippen LogP contribution in [0.15, 0.2) is 54.6 Å². The Hall–Kier alpha value is -2.37. The summed E-state index contributed by atoms with van der Waals surface area (Å²) in [5.41, 5.74) is 0.616. The maximum atomic E-state index is 12.3. The lowest BCUT2D eigenvalue weighted by atomic mass is 10.2. The molecule has 2 N–H and O–H groups in total. The van der Waals surface area contributed by atoms with Gasteiger partial charge in [0.1, 0.15) is 5.75 Å². The number of hydrogen-bond acceptors (Lipinski definition) is 4. The van der Waals surface area contributed by atoms with Gasteiger partial charge in [-0.25, -0.2) is 0 Å². The zero-order valence-corrected chi connectivity index (χ0v) is 13.4. The second-order valence-corrected chi connectivity index (χ2v) is 5.28. The van der Waals surface area contributed by atoms with E-state index >= 15 is 0 Å². The van der Waals surface area contributed by atoms with Crippen LogP contribution in [0.3, 0.4) is 0 Å². The first-order valence-electron chi connectivity index (χ1n) is 7.55. The van der Waals surface area contributed by atoms with E-state index in [1.165, 1.54) is 0 Å². The molecule has 1 amide bonds. The predicted octanol–water partition coefficient (Wildman–Crippen LogP) is 2.73. The van der Waals surface area contributed by atoms with Crippen LogP contribution in [0.5, 0.6) is 11.5 Å². The Kier molecular flexibility index (Phi) is 6.14. The third-order valence-corrected chi connectivity index (χ3v) is 3.61. The van der Waals surface area contributed by atoms with Crippen molar-refractivity contribution in [2.24, 2.45) is 0 Å². The highest BCUT2D eigenvalue weighted by atomic mass is 16.5. The van der Waals surface area contributed by atoms with Gasteiger partial charge in [-0.1, -0.05) is 30.3 Å². The summed E-state index contributed by atoms with van der Waals surface area (Å²) >= 11 is 0. The Morgan fingerprint density at radius 2 is 1.83 bits per heavy atom. The van der Waals surface area contributed by atoms with Crippen LogP contribution in [0, 0.1) is 0 Å². The summed E-state index contributed by atoms with van der Waals surface area (Å²) in [5.74, 6) is 1.15. The fourth-order valence-electron chi connectivity index (χ4n) is 2.06. The summed E-state index contributed by atoms with van der Waals surface area (Å²) in [7, 11) is 1.80. The third-order valence-electron chi connectivity index (χ3n) is 3.61. The van der Waals surface area contributed by atoms with Gasteiger partial charge in [0.25, 0.3) is 0 Å². The number of aliphatic hydroxyl groups excluding tert-OH is 1. The molecule has 2 rings (SSSR count). The summed E-state index contributed by atoms with van der Waals surface area (Å²) in [6.45, 7) is 2.25. The normalized spacial score (nSPS) is 12.0. The van der Waals surface area contributed by atoms with Crippen molar-refractivity contribution in [3.05, 3.63) is 54.6 Å². The summed E-state index contributed by atoms with van der Waals surface area (Å²) in [5, 5.41) is 11.9. The first-order chi connectivity index (χ1) is 11.1. The van der Waals surface area contributed by atoms with E-state index in [1.54, 1.807) is 24.9 Å². The molecule has 2 aromatic carbocycles. The van der Waals surface area contributed by atoms with Crippen molar-refractivity contribution < 1.29 is 14.6 Å². The molecule has 0 heterocycles. The molecule has 5 nitrogen and oxygen atoms in total. The minimum Gasteiger partial charge on any atom is -0.455 e. The molecule has 0 saturated carbocycles. The molecule has 2 aromatic rings. The second kappa shape index (κ2) is 8.31. The summed E-state index contributed by atoms with van der Waals surface area (Å²) in [6.07, 6.45) is 0. The molecule has 0 radical (unpaired) electrons. The highest BCUT2D eigenvalue weighted by molar-refractivity contribution is 5.95. The Labute approximate surface area is 136 Å². The first-order valence-corrected chi connectivity index (χ1v) is 7.55. The van der Waals surface area contributed by atoms with E-state index in [1.807, 2.05) is 48.5 Å². The van der Waals surface area contributed by atoms with Crippen molar-refractivity contribution in [1.82, 2.24) is 4.90 Å². The first kappa shape index (κ1) is 17.0. The molecule has 0 aliphatic rings. The van der Waals surface area contributed by atoms with Gasteiger partial charge in [-0.3, -0.25) is 9.69 Å². The second-order valence-electron chi connectivity index (χ2n) is 5.28.